The van der Waals surface area contributed by atoms with Crippen LogP contribution in [0.1, 0.15) is 12.8 Å². The zero-order valence-corrected chi connectivity index (χ0v) is 9.82. The number of urea groups is 1. The van der Waals surface area contributed by atoms with Crippen molar-refractivity contribution in [2.24, 2.45) is 0 Å². The Morgan fingerprint density at radius 1 is 1.28 bits per heavy atom. The third kappa shape index (κ3) is 2.45. The molecular weight excluding hydrogens is 236 g/mol. The van der Waals surface area contributed by atoms with Gasteiger partial charge in [-0.3, -0.25) is 14.6 Å². The molecule has 3 amide bonds. The fourth-order valence-corrected chi connectivity index (χ4v) is 1.81. The third-order valence-electron chi connectivity index (χ3n) is 2.71. The molecule has 7 nitrogen and oxygen atoms in total. The molecule has 0 unspecified atom stereocenters. The van der Waals surface area contributed by atoms with E-state index in [0.29, 0.717) is 18.7 Å². The molecule has 0 atom stereocenters. The lowest BCUT2D eigenvalue weighted by atomic mass is 10.2. The zero-order chi connectivity index (χ0) is 13.0. The Hall–Kier alpha value is -2.02. The van der Waals surface area contributed by atoms with Crippen molar-refractivity contribution < 1.29 is 14.7 Å². The summed E-state index contributed by atoms with van der Waals surface area (Å²) in [7, 11) is 0. The van der Waals surface area contributed by atoms with Gasteiger partial charge in [0.05, 0.1) is 18.1 Å². The molecule has 0 radical (unpaired) electrons. The molecule has 1 aliphatic rings. The Balaban J connectivity index is 2.14. The van der Waals surface area contributed by atoms with Crippen molar-refractivity contribution in [1.29, 1.82) is 0 Å². The maximum absolute atomic E-state index is 12.1. The molecule has 0 spiro atoms. The second-order valence-corrected chi connectivity index (χ2v) is 3.90. The van der Waals surface area contributed by atoms with Crippen LogP contribution in [0.4, 0.5) is 10.5 Å². The van der Waals surface area contributed by atoms with Crippen LogP contribution in [0.3, 0.4) is 0 Å². The van der Waals surface area contributed by atoms with Crippen LogP contribution in [-0.4, -0.2) is 51.6 Å². The highest BCUT2D eigenvalue weighted by Gasteiger charge is 2.32. The van der Waals surface area contributed by atoms with Crippen LogP contribution in [-0.2, 0) is 4.79 Å². The lowest BCUT2D eigenvalue weighted by Crippen LogP contribution is -2.52. The first-order chi connectivity index (χ1) is 8.74. The number of aliphatic hydroxyl groups is 1. The SMILES string of the molecule is O=C1CCN(c2cncnc2)C(=O)N1CCCO. The van der Waals surface area contributed by atoms with Crippen molar-refractivity contribution >= 4 is 17.6 Å². The summed E-state index contributed by atoms with van der Waals surface area (Å²) in [6.45, 7) is 0.518. The van der Waals surface area contributed by atoms with Crippen molar-refractivity contribution in [3.63, 3.8) is 0 Å². The molecular formula is C11H14N4O3. The summed E-state index contributed by atoms with van der Waals surface area (Å²) in [5.41, 5.74) is 0.573. The van der Waals surface area contributed by atoms with Gasteiger partial charge in [0.1, 0.15) is 6.33 Å². The Morgan fingerprint density at radius 3 is 2.67 bits per heavy atom. The predicted molar refractivity (Wildman–Crippen MR) is 62.8 cm³/mol. The van der Waals surface area contributed by atoms with Crippen LogP contribution in [0.15, 0.2) is 18.7 Å². The Morgan fingerprint density at radius 2 is 2.00 bits per heavy atom. The molecule has 1 saturated heterocycles. The number of anilines is 1. The number of nitrogens with zero attached hydrogens (tertiary/aromatic N) is 4. The van der Waals surface area contributed by atoms with Gasteiger partial charge in [-0.05, 0) is 6.42 Å². The van der Waals surface area contributed by atoms with Crippen molar-refractivity contribution in [3.05, 3.63) is 18.7 Å². The molecule has 0 saturated carbocycles. The predicted octanol–water partition coefficient (Wildman–Crippen LogP) is 0.0177. The van der Waals surface area contributed by atoms with E-state index < -0.39 is 0 Å². The molecule has 0 aliphatic carbocycles. The van der Waals surface area contributed by atoms with E-state index >= 15 is 0 Å². The number of imide groups is 1. The maximum atomic E-state index is 12.1. The van der Waals surface area contributed by atoms with Crippen molar-refractivity contribution in [2.75, 3.05) is 24.6 Å². The van der Waals surface area contributed by atoms with E-state index in [2.05, 4.69) is 9.97 Å². The van der Waals surface area contributed by atoms with Crippen LogP contribution in [0.2, 0.25) is 0 Å². The summed E-state index contributed by atoms with van der Waals surface area (Å²) in [6, 6.07) is -0.380. The van der Waals surface area contributed by atoms with Crippen molar-refractivity contribution in [1.82, 2.24) is 14.9 Å². The highest BCUT2D eigenvalue weighted by Crippen LogP contribution is 2.18. The zero-order valence-electron chi connectivity index (χ0n) is 9.82. The first kappa shape index (κ1) is 12.4. The molecule has 0 bridgehead atoms. The van der Waals surface area contributed by atoms with Crippen LogP contribution >= 0.6 is 0 Å². The van der Waals surface area contributed by atoms with E-state index in [1.54, 1.807) is 0 Å². The first-order valence-electron chi connectivity index (χ1n) is 5.72. The minimum absolute atomic E-state index is 0.0501. The third-order valence-corrected chi connectivity index (χ3v) is 2.71. The largest absolute Gasteiger partial charge is 0.396 e. The highest BCUT2D eigenvalue weighted by atomic mass is 16.3. The van der Waals surface area contributed by atoms with Crippen molar-refractivity contribution in [3.8, 4) is 0 Å². The lowest BCUT2D eigenvalue weighted by Gasteiger charge is -2.33. The Labute approximate surface area is 104 Å². The fraction of sp³-hybridized carbons (Fsp3) is 0.455. The monoisotopic (exact) mass is 250 g/mol. The molecule has 96 valence electrons. The molecule has 7 heteroatoms. The van der Waals surface area contributed by atoms with Crippen LogP contribution in [0.25, 0.3) is 0 Å². The molecule has 18 heavy (non-hydrogen) atoms. The van der Waals surface area contributed by atoms with Crippen LogP contribution < -0.4 is 4.90 Å². The number of aliphatic hydroxyl groups excluding tert-OH is 1. The second-order valence-electron chi connectivity index (χ2n) is 3.90. The number of hydrogen-bond donors (Lipinski definition) is 1. The molecule has 2 heterocycles. The lowest BCUT2D eigenvalue weighted by molar-refractivity contribution is -0.128. The fourth-order valence-electron chi connectivity index (χ4n) is 1.81. The Bertz CT molecular complexity index is 437. The summed E-state index contributed by atoms with van der Waals surface area (Å²) in [5, 5.41) is 8.77. The minimum atomic E-state index is -0.380. The van der Waals surface area contributed by atoms with E-state index in [4.69, 9.17) is 5.11 Å². The van der Waals surface area contributed by atoms with Gasteiger partial charge in [0.25, 0.3) is 0 Å². The van der Waals surface area contributed by atoms with Crippen LogP contribution in [0.5, 0.6) is 0 Å². The van der Waals surface area contributed by atoms with Crippen molar-refractivity contribution in [2.45, 2.75) is 12.8 Å². The highest BCUT2D eigenvalue weighted by molar-refractivity contribution is 6.05. The topological polar surface area (TPSA) is 86.6 Å². The normalized spacial score (nSPS) is 16.3. The van der Waals surface area contributed by atoms with Gasteiger partial charge >= 0.3 is 6.03 Å². The molecule has 1 fully saturated rings. The van der Waals surface area contributed by atoms with Gasteiger partial charge in [0, 0.05) is 26.1 Å². The summed E-state index contributed by atoms with van der Waals surface area (Å²) < 4.78 is 0. The number of carbonyl (C=O) groups excluding carboxylic acids is 2. The Kier molecular flexibility index (Phi) is 3.83. The number of rotatable bonds is 4. The average Bonchev–Trinajstić information content (AvgIpc) is 2.40. The minimum Gasteiger partial charge on any atom is -0.396 e. The van der Waals surface area contributed by atoms with Gasteiger partial charge in [0.2, 0.25) is 5.91 Å². The molecule has 1 N–H and O–H groups in total. The van der Waals surface area contributed by atoms with E-state index in [0.717, 1.165) is 4.90 Å². The summed E-state index contributed by atoms with van der Waals surface area (Å²) >= 11 is 0. The maximum Gasteiger partial charge on any atom is 0.331 e. The van der Waals surface area contributed by atoms with Gasteiger partial charge in [-0.25, -0.2) is 14.8 Å². The van der Waals surface area contributed by atoms with Gasteiger partial charge < -0.3 is 5.11 Å². The average molecular weight is 250 g/mol. The smallest absolute Gasteiger partial charge is 0.331 e. The first-order valence-corrected chi connectivity index (χ1v) is 5.72. The van der Waals surface area contributed by atoms with Gasteiger partial charge in [-0.2, -0.15) is 0 Å². The standard InChI is InChI=1S/C11H14N4O3/c16-5-1-3-15-10(17)2-4-14(11(15)18)9-6-12-8-13-7-9/h6-8,16H,1-5H2. The van der Waals surface area contributed by atoms with E-state index in [1.165, 1.54) is 23.6 Å². The summed E-state index contributed by atoms with van der Waals surface area (Å²) in [4.78, 5) is 34.1. The van der Waals surface area contributed by atoms with Crippen LogP contribution in [0, 0.1) is 0 Å². The number of aromatic nitrogens is 2. The molecule has 1 aromatic heterocycles. The molecule has 1 aliphatic heterocycles. The number of carbonyl (C=O) groups is 2. The van der Waals surface area contributed by atoms with E-state index in [-0.39, 0.29) is 31.5 Å². The van der Waals surface area contributed by atoms with E-state index in [1.807, 2.05) is 0 Å². The number of hydrogen-bond acceptors (Lipinski definition) is 5. The quantitative estimate of drug-likeness (QED) is 0.814. The summed E-state index contributed by atoms with van der Waals surface area (Å²) in [6.07, 6.45) is 5.10. The van der Waals surface area contributed by atoms with E-state index in [9.17, 15) is 9.59 Å². The van der Waals surface area contributed by atoms with Gasteiger partial charge in [-0.15, -0.1) is 0 Å². The second kappa shape index (κ2) is 5.54. The number of amides is 3. The van der Waals surface area contributed by atoms with Gasteiger partial charge in [0.15, 0.2) is 0 Å². The molecule has 2 rings (SSSR count). The van der Waals surface area contributed by atoms with Gasteiger partial charge in [-0.1, -0.05) is 0 Å². The summed E-state index contributed by atoms with van der Waals surface area (Å²) in [5.74, 6) is -0.207. The molecule has 1 aromatic rings. The molecule has 0 aromatic carbocycles.